The Morgan fingerprint density at radius 3 is 2.32 bits per heavy atom. The van der Waals surface area contributed by atoms with Crippen LogP contribution in [0.25, 0.3) is 0 Å². The molecule has 0 aliphatic carbocycles. The van der Waals surface area contributed by atoms with E-state index >= 15 is 0 Å². The van der Waals surface area contributed by atoms with Gasteiger partial charge in [-0.1, -0.05) is 32.4 Å². The number of rotatable bonds is 9. The number of aromatic hydroxyl groups is 1. The molecule has 0 aliphatic rings. The van der Waals surface area contributed by atoms with Gasteiger partial charge >= 0.3 is 5.97 Å². The maximum Gasteiger partial charge on any atom is 0.326 e. The summed E-state index contributed by atoms with van der Waals surface area (Å²) in [5.41, 5.74) is 6.56. The van der Waals surface area contributed by atoms with Gasteiger partial charge in [0.15, 0.2) is 0 Å². The summed E-state index contributed by atoms with van der Waals surface area (Å²) in [6.07, 6.45) is 0.847. The summed E-state index contributed by atoms with van der Waals surface area (Å²) >= 11 is 0. The van der Waals surface area contributed by atoms with Crippen LogP contribution in [0, 0.1) is 5.92 Å². The Morgan fingerprint density at radius 2 is 1.80 bits per heavy atom. The molecule has 8 nitrogen and oxygen atoms in total. The molecule has 1 aromatic carbocycles. The molecule has 0 heterocycles. The molecule has 0 aromatic heterocycles. The van der Waals surface area contributed by atoms with E-state index in [1.165, 1.54) is 12.1 Å². The number of phenolic OH excluding ortho intramolecular Hbond substituents is 1. The van der Waals surface area contributed by atoms with Gasteiger partial charge in [0.25, 0.3) is 0 Å². The summed E-state index contributed by atoms with van der Waals surface area (Å²) in [6.45, 7) is 3.21. The Labute approximate surface area is 146 Å². The second-order valence-corrected chi connectivity index (χ2v) is 5.96. The SMILES string of the molecule is CCC(C)C(NC(=O)CNC(=O)C(N)Cc1ccc(O)cc1)C(=O)O. The van der Waals surface area contributed by atoms with E-state index < -0.39 is 29.9 Å². The Morgan fingerprint density at radius 1 is 1.20 bits per heavy atom. The molecule has 0 fully saturated rings. The average molecular weight is 351 g/mol. The van der Waals surface area contributed by atoms with Crippen molar-refractivity contribution in [2.45, 2.75) is 38.8 Å². The molecule has 0 saturated carbocycles. The lowest BCUT2D eigenvalue weighted by Crippen LogP contribution is -2.50. The van der Waals surface area contributed by atoms with Gasteiger partial charge in [-0.25, -0.2) is 4.79 Å². The fourth-order valence-electron chi connectivity index (χ4n) is 2.18. The minimum atomic E-state index is -1.11. The molecule has 0 spiro atoms. The quantitative estimate of drug-likeness (QED) is 0.424. The highest BCUT2D eigenvalue weighted by atomic mass is 16.4. The Balaban J connectivity index is 2.47. The van der Waals surface area contributed by atoms with Crippen molar-refractivity contribution >= 4 is 17.8 Å². The molecular weight excluding hydrogens is 326 g/mol. The first-order valence-electron chi connectivity index (χ1n) is 8.08. The van der Waals surface area contributed by atoms with Crippen molar-refractivity contribution in [3.8, 4) is 5.75 Å². The van der Waals surface area contributed by atoms with Crippen molar-refractivity contribution in [3.05, 3.63) is 29.8 Å². The Hall–Kier alpha value is -2.61. The average Bonchev–Trinajstić information content (AvgIpc) is 2.58. The summed E-state index contributed by atoms with van der Waals surface area (Å²) in [5.74, 6) is -2.32. The minimum Gasteiger partial charge on any atom is -0.508 e. The van der Waals surface area contributed by atoms with Gasteiger partial charge in [0.2, 0.25) is 11.8 Å². The number of hydrogen-bond acceptors (Lipinski definition) is 5. The van der Waals surface area contributed by atoms with E-state index in [0.29, 0.717) is 6.42 Å². The first-order valence-corrected chi connectivity index (χ1v) is 8.08. The predicted octanol–water partition coefficient (Wildman–Crippen LogP) is -0.00630. The van der Waals surface area contributed by atoms with Crippen molar-refractivity contribution in [2.75, 3.05) is 6.54 Å². The van der Waals surface area contributed by atoms with Gasteiger partial charge in [-0.05, 0) is 30.0 Å². The zero-order valence-electron chi connectivity index (χ0n) is 14.4. The first kappa shape index (κ1) is 20.4. The van der Waals surface area contributed by atoms with Gasteiger partial charge in [0.05, 0.1) is 12.6 Å². The van der Waals surface area contributed by atoms with E-state index in [4.69, 9.17) is 10.8 Å². The number of aliphatic carboxylic acids is 1. The van der Waals surface area contributed by atoms with E-state index in [2.05, 4.69) is 10.6 Å². The highest BCUT2D eigenvalue weighted by Gasteiger charge is 2.25. The fourth-order valence-corrected chi connectivity index (χ4v) is 2.18. The molecule has 2 amide bonds. The molecule has 0 saturated heterocycles. The maximum absolute atomic E-state index is 11.9. The molecule has 0 radical (unpaired) electrons. The van der Waals surface area contributed by atoms with Crippen molar-refractivity contribution in [1.29, 1.82) is 0 Å². The summed E-state index contributed by atoms with van der Waals surface area (Å²) < 4.78 is 0. The number of carbonyl (C=O) groups excluding carboxylic acids is 2. The van der Waals surface area contributed by atoms with Gasteiger partial charge < -0.3 is 26.6 Å². The number of nitrogens with two attached hydrogens (primary N) is 1. The molecule has 1 rings (SSSR count). The smallest absolute Gasteiger partial charge is 0.326 e. The van der Waals surface area contributed by atoms with Gasteiger partial charge in [-0.15, -0.1) is 0 Å². The van der Waals surface area contributed by atoms with E-state index in [9.17, 15) is 19.5 Å². The number of nitrogens with one attached hydrogen (secondary N) is 2. The second kappa shape index (κ2) is 9.63. The molecule has 25 heavy (non-hydrogen) atoms. The van der Waals surface area contributed by atoms with Crippen molar-refractivity contribution in [3.63, 3.8) is 0 Å². The van der Waals surface area contributed by atoms with Gasteiger partial charge in [-0.2, -0.15) is 0 Å². The Bertz CT molecular complexity index is 603. The van der Waals surface area contributed by atoms with Gasteiger partial charge in [-0.3, -0.25) is 9.59 Å². The van der Waals surface area contributed by atoms with E-state index in [1.807, 2.05) is 6.92 Å². The van der Waals surface area contributed by atoms with Crippen LogP contribution in [0.5, 0.6) is 5.75 Å². The zero-order valence-corrected chi connectivity index (χ0v) is 14.4. The topological polar surface area (TPSA) is 142 Å². The molecule has 3 atom stereocenters. The first-order chi connectivity index (χ1) is 11.7. The maximum atomic E-state index is 11.9. The van der Waals surface area contributed by atoms with E-state index in [1.54, 1.807) is 19.1 Å². The largest absolute Gasteiger partial charge is 0.508 e. The van der Waals surface area contributed by atoms with Crippen LogP contribution < -0.4 is 16.4 Å². The molecular formula is C17H25N3O5. The van der Waals surface area contributed by atoms with Crippen LogP contribution in [-0.4, -0.2) is 46.6 Å². The number of carboxylic acids is 1. The summed E-state index contributed by atoms with van der Waals surface area (Å²) in [5, 5.41) is 23.1. The monoisotopic (exact) mass is 351 g/mol. The van der Waals surface area contributed by atoms with Crippen LogP contribution in [-0.2, 0) is 20.8 Å². The van der Waals surface area contributed by atoms with Crippen LogP contribution in [0.2, 0.25) is 0 Å². The standard InChI is InChI=1S/C17H25N3O5/c1-3-10(2)15(17(24)25)20-14(22)9-19-16(23)13(18)8-11-4-6-12(21)7-5-11/h4-7,10,13,15,21H,3,8-9,18H2,1-2H3,(H,19,23)(H,20,22)(H,24,25). The van der Waals surface area contributed by atoms with Crippen LogP contribution >= 0.6 is 0 Å². The number of phenols is 1. The highest BCUT2D eigenvalue weighted by molar-refractivity contribution is 5.89. The molecule has 138 valence electrons. The zero-order chi connectivity index (χ0) is 19.0. The third-order valence-electron chi connectivity index (χ3n) is 3.95. The minimum absolute atomic E-state index is 0.118. The number of amides is 2. The molecule has 0 bridgehead atoms. The van der Waals surface area contributed by atoms with Crippen molar-refractivity contribution < 1.29 is 24.6 Å². The number of carboxylic acid groups (broad SMARTS) is 1. The lowest BCUT2D eigenvalue weighted by atomic mass is 9.99. The third kappa shape index (κ3) is 6.80. The Kier molecular flexibility index (Phi) is 7.87. The molecule has 1 aromatic rings. The summed E-state index contributed by atoms with van der Waals surface area (Å²) in [6, 6.07) is 4.43. The van der Waals surface area contributed by atoms with Crippen LogP contribution in [0.3, 0.4) is 0 Å². The third-order valence-corrected chi connectivity index (χ3v) is 3.95. The highest BCUT2D eigenvalue weighted by Crippen LogP contribution is 2.11. The normalized spacial score (nSPS) is 14.2. The summed E-state index contributed by atoms with van der Waals surface area (Å²) in [7, 11) is 0. The van der Waals surface area contributed by atoms with Crippen molar-refractivity contribution in [2.24, 2.45) is 11.7 Å². The van der Waals surface area contributed by atoms with Gasteiger partial charge in [0, 0.05) is 0 Å². The van der Waals surface area contributed by atoms with Crippen LogP contribution in [0.15, 0.2) is 24.3 Å². The lowest BCUT2D eigenvalue weighted by molar-refractivity contribution is -0.143. The lowest BCUT2D eigenvalue weighted by Gasteiger charge is -2.20. The number of benzene rings is 1. The van der Waals surface area contributed by atoms with Crippen LogP contribution in [0.4, 0.5) is 0 Å². The van der Waals surface area contributed by atoms with Gasteiger partial charge in [0.1, 0.15) is 11.8 Å². The van der Waals surface area contributed by atoms with E-state index in [-0.39, 0.29) is 24.6 Å². The molecule has 8 heteroatoms. The second-order valence-electron chi connectivity index (χ2n) is 5.96. The van der Waals surface area contributed by atoms with Crippen LogP contribution in [0.1, 0.15) is 25.8 Å². The molecule has 6 N–H and O–H groups in total. The van der Waals surface area contributed by atoms with Crippen molar-refractivity contribution in [1.82, 2.24) is 10.6 Å². The number of hydrogen-bond donors (Lipinski definition) is 5. The predicted molar refractivity (Wildman–Crippen MR) is 91.8 cm³/mol. The molecule has 3 unspecified atom stereocenters. The number of carbonyl (C=O) groups is 3. The molecule has 0 aliphatic heterocycles. The fraction of sp³-hybridized carbons (Fsp3) is 0.471. The van der Waals surface area contributed by atoms with E-state index in [0.717, 1.165) is 5.56 Å². The summed E-state index contributed by atoms with van der Waals surface area (Å²) in [4.78, 5) is 35.0.